The molecule has 2 heterocycles. The van der Waals surface area contributed by atoms with Gasteiger partial charge in [-0.2, -0.15) is 0 Å². The van der Waals surface area contributed by atoms with Crippen LogP contribution in [-0.4, -0.2) is 51.1 Å². The standard InChI is InChI=1S/C30H39FN6O2/c1-6-22(27(32)29(38)28(20-10-8-7-9-11-20)36-30(39)18(3)33-5)24-15-26(35-19(4)34-24)37-16-17(2)23-14-21(31)12-13-25(23)37/h12-16,18,20,22,28,32-33H,6-11H2,1-5H3,(H,36,39)/t18-,22-,28-/m0/s1. The molecule has 0 bridgehead atoms. The van der Waals surface area contributed by atoms with E-state index in [1.54, 1.807) is 27.0 Å². The largest absolute Gasteiger partial charge is 0.344 e. The minimum Gasteiger partial charge on any atom is -0.344 e. The predicted molar refractivity (Wildman–Crippen MR) is 151 cm³/mol. The molecule has 1 fully saturated rings. The van der Waals surface area contributed by atoms with Gasteiger partial charge >= 0.3 is 0 Å². The Morgan fingerprint density at radius 2 is 1.87 bits per heavy atom. The Hall–Kier alpha value is -3.46. The zero-order valence-corrected chi connectivity index (χ0v) is 23.5. The number of carbonyl (C=O) groups is 2. The smallest absolute Gasteiger partial charge is 0.237 e. The SMILES string of the molecule is CC[C@H](C(=N)C(=O)[C@@H](NC(=O)[C@H](C)NC)C1CCCCC1)c1cc(-n2cc(C)c3cc(F)ccc32)nc(C)n1. The lowest BCUT2D eigenvalue weighted by Gasteiger charge is -2.31. The quantitative estimate of drug-likeness (QED) is 0.319. The summed E-state index contributed by atoms with van der Waals surface area (Å²) < 4.78 is 15.8. The number of hydrogen-bond donors (Lipinski definition) is 3. The molecule has 1 amide bonds. The average Bonchev–Trinajstić information content (AvgIpc) is 3.26. The van der Waals surface area contributed by atoms with E-state index in [9.17, 15) is 14.0 Å². The molecule has 3 atom stereocenters. The van der Waals surface area contributed by atoms with Crippen LogP contribution in [0.5, 0.6) is 0 Å². The number of Topliss-reactive ketones (excluding diaryl/α,β-unsaturated/α-hetero) is 1. The maximum absolute atomic E-state index is 13.9. The van der Waals surface area contributed by atoms with Gasteiger partial charge in [0.2, 0.25) is 5.91 Å². The Labute approximate surface area is 229 Å². The monoisotopic (exact) mass is 534 g/mol. The van der Waals surface area contributed by atoms with E-state index in [0.29, 0.717) is 23.8 Å². The molecular formula is C30H39FN6O2. The van der Waals surface area contributed by atoms with Crippen LogP contribution in [0.25, 0.3) is 16.7 Å². The first kappa shape index (κ1) is 28.5. The summed E-state index contributed by atoms with van der Waals surface area (Å²) in [5.74, 6) is -0.319. The molecule has 1 aliphatic carbocycles. The van der Waals surface area contributed by atoms with Crippen LogP contribution in [0.2, 0.25) is 0 Å². The molecule has 4 rings (SSSR count). The minimum atomic E-state index is -0.733. The number of aromatic nitrogens is 3. The van der Waals surface area contributed by atoms with E-state index in [-0.39, 0.29) is 29.1 Å². The number of rotatable bonds is 10. The summed E-state index contributed by atoms with van der Waals surface area (Å²) in [5, 5.41) is 15.7. The van der Waals surface area contributed by atoms with E-state index in [1.165, 1.54) is 12.1 Å². The molecule has 1 aliphatic rings. The number of amides is 1. The van der Waals surface area contributed by atoms with Gasteiger partial charge in [0.25, 0.3) is 0 Å². The van der Waals surface area contributed by atoms with Gasteiger partial charge in [0, 0.05) is 23.6 Å². The molecule has 0 unspecified atom stereocenters. The molecule has 1 saturated carbocycles. The van der Waals surface area contributed by atoms with E-state index in [4.69, 9.17) is 5.41 Å². The molecule has 8 nitrogen and oxygen atoms in total. The van der Waals surface area contributed by atoms with Gasteiger partial charge in [0.05, 0.1) is 29.0 Å². The molecule has 1 aromatic carbocycles. The van der Waals surface area contributed by atoms with Crippen LogP contribution in [0.15, 0.2) is 30.5 Å². The summed E-state index contributed by atoms with van der Waals surface area (Å²) in [6, 6.07) is 5.28. The summed E-state index contributed by atoms with van der Waals surface area (Å²) in [6.07, 6.45) is 7.26. The molecule has 0 saturated heterocycles. The molecule has 208 valence electrons. The van der Waals surface area contributed by atoms with Crippen molar-refractivity contribution in [3.63, 3.8) is 0 Å². The highest BCUT2D eigenvalue weighted by Gasteiger charge is 2.36. The number of likely N-dealkylation sites (N-methyl/N-ethyl adjacent to an activating group) is 1. The van der Waals surface area contributed by atoms with Crippen molar-refractivity contribution in [2.24, 2.45) is 5.92 Å². The van der Waals surface area contributed by atoms with Crippen LogP contribution < -0.4 is 10.6 Å². The molecule has 39 heavy (non-hydrogen) atoms. The lowest BCUT2D eigenvalue weighted by molar-refractivity contribution is -0.127. The highest BCUT2D eigenvalue weighted by Crippen LogP contribution is 2.30. The van der Waals surface area contributed by atoms with Crippen molar-refractivity contribution >= 4 is 28.3 Å². The van der Waals surface area contributed by atoms with Crippen molar-refractivity contribution in [3.8, 4) is 5.82 Å². The molecule has 3 aromatic rings. The Balaban J connectivity index is 1.68. The van der Waals surface area contributed by atoms with Gasteiger partial charge in [-0.05, 0) is 76.8 Å². The molecule has 0 radical (unpaired) electrons. The fourth-order valence-corrected chi connectivity index (χ4v) is 5.61. The first-order valence-corrected chi connectivity index (χ1v) is 13.9. The highest BCUT2D eigenvalue weighted by molar-refractivity contribution is 6.42. The van der Waals surface area contributed by atoms with E-state index < -0.39 is 18.0 Å². The van der Waals surface area contributed by atoms with Gasteiger partial charge in [0.15, 0.2) is 5.78 Å². The molecule has 2 aromatic heterocycles. The second-order valence-corrected chi connectivity index (χ2v) is 10.7. The predicted octanol–water partition coefficient (Wildman–Crippen LogP) is 4.93. The maximum atomic E-state index is 13.9. The number of fused-ring (bicyclic) bond motifs is 1. The second kappa shape index (κ2) is 12.2. The van der Waals surface area contributed by atoms with Crippen LogP contribution in [0.3, 0.4) is 0 Å². The summed E-state index contributed by atoms with van der Waals surface area (Å²) in [5.41, 5.74) is 2.26. The minimum absolute atomic E-state index is 0.00872. The zero-order chi connectivity index (χ0) is 28.3. The second-order valence-electron chi connectivity index (χ2n) is 10.7. The van der Waals surface area contributed by atoms with Gasteiger partial charge < -0.3 is 20.6 Å². The third kappa shape index (κ3) is 6.08. The maximum Gasteiger partial charge on any atom is 0.237 e. The average molecular weight is 535 g/mol. The molecule has 9 heteroatoms. The molecule has 0 spiro atoms. The normalized spacial score (nSPS) is 16.6. The summed E-state index contributed by atoms with van der Waals surface area (Å²) in [4.78, 5) is 35.9. The number of benzene rings is 1. The topological polar surface area (TPSA) is 113 Å². The van der Waals surface area contributed by atoms with Crippen LogP contribution in [-0.2, 0) is 9.59 Å². The van der Waals surface area contributed by atoms with Crippen molar-refractivity contribution in [1.29, 1.82) is 5.41 Å². The number of nitrogens with one attached hydrogen (secondary N) is 3. The number of hydrogen-bond acceptors (Lipinski definition) is 6. The Morgan fingerprint density at radius 3 is 2.54 bits per heavy atom. The van der Waals surface area contributed by atoms with Gasteiger partial charge in [-0.3, -0.25) is 9.59 Å². The van der Waals surface area contributed by atoms with Crippen molar-refractivity contribution in [2.75, 3.05) is 7.05 Å². The van der Waals surface area contributed by atoms with Crippen molar-refractivity contribution in [1.82, 2.24) is 25.2 Å². The van der Waals surface area contributed by atoms with E-state index in [0.717, 1.165) is 48.6 Å². The van der Waals surface area contributed by atoms with Crippen LogP contribution in [0.1, 0.15) is 75.4 Å². The Kier molecular flexibility index (Phi) is 8.90. The van der Waals surface area contributed by atoms with Crippen molar-refractivity contribution in [2.45, 2.75) is 84.2 Å². The van der Waals surface area contributed by atoms with Gasteiger partial charge in [0.1, 0.15) is 17.5 Å². The summed E-state index contributed by atoms with van der Waals surface area (Å²) in [7, 11) is 1.71. The van der Waals surface area contributed by atoms with Gasteiger partial charge in [-0.1, -0.05) is 26.2 Å². The number of nitrogens with zero attached hydrogens (tertiary/aromatic N) is 3. The first-order valence-electron chi connectivity index (χ1n) is 13.9. The fraction of sp³-hybridized carbons (Fsp3) is 0.500. The number of aryl methyl sites for hydroxylation is 2. The Morgan fingerprint density at radius 1 is 1.15 bits per heavy atom. The van der Waals surface area contributed by atoms with Crippen LogP contribution >= 0.6 is 0 Å². The summed E-state index contributed by atoms with van der Waals surface area (Å²) in [6.45, 7) is 7.39. The van der Waals surface area contributed by atoms with Gasteiger partial charge in [-0.15, -0.1) is 0 Å². The van der Waals surface area contributed by atoms with Crippen LogP contribution in [0, 0.1) is 31.0 Å². The third-order valence-electron chi connectivity index (χ3n) is 7.96. The molecule has 0 aliphatic heterocycles. The molecule has 3 N–H and O–H groups in total. The Bertz CT molecular complexity index is 1380. The summed E-state index contributed by atoms with van der Waals surface area (Å²) >= 11 is 0. The highest BCUT2D eigenvalue weighted by atomic mass is 19.1. The number of ketones is 1. The third-order valence-corrected chi connectivity index (χ3v) is 7.96. The van der Waals surface area contributed by atoms with E-state index in [1.807, 2.05) is 30.7 Å². The zero-order valence-electron chi connectivity index (χ0n) is 23.5. The lowest BCUT2D eigenvalue weighted by Crippen LogP contribution is -2.53. The lowest BCUT2D eigenvalue weighted by atomic mass is 9.79. The molecular weight excluding hydrogens is 495 g/mol. The number of carbonyl (C=O) groups excluding carboxylic acids is 2. The number of halogens is 1. The van der Waals surface area contributed by atoms with Crippen molar-refractivity contribution in [3.05, 3.63) is 53.4 Å². The van der Waals surface area contributed by atoms with Crippen LogP contribution in [0.4, 0.5) is 4.39 Å². The van der Waals surface area contributed by atoms with Crippen molar-refractivity contribution < 1.29 is 14.0 Å². The van der Waals surface area contributed by atoms with Gasteiger partial charge in [-0.25, -0.2) is 14.4 Å². The fourth-order valence-electron chi connectivity index (χ4n) is 5.61. The first-order chi connectivity index (χ1) is 18.6. The van der Waals surface area contributed by atoms with E-state index >= 15 is 0 Å². The van der Waals surface area contributed by atoms with E-state index in [2.05, 4.69) is 20.6 Å².